The van der Waals surface area contributed by atoms with E-state index in [9.17, 15) is 9.59 Å². The fraction of sp³-hybridized carbons (Fsp3) is 0.474. The fourth-order valence-electron chi connectivity index (χ4n) is 2.27. The Hall–Kier alpha value is -2.30. The van der Waals surface area contributed by atoms with Crippen LogP contribution in [0.15, 0.2) is 30.4 Å². The van der Waals surface area contributed by atoms with Crippen molar-refractivity contribution in [3.05, 3.63) is 41.5 Å². The smallest absolute Gasteiger partial charge is 0.330 e. The topological polar surface area (TPSA) is 64.6 Å². The minimum Gasteiger partial charge on any atom is -0.481 e. The van der Waals surface area contributed by atoms with Crippen LogP contribution >= 0.6 is 0 Å². The second-order valence-electron chi connectivity index (χ2n) is 6.41. The van der Waals surface area contributed by atoms with Gasteiger partial charge >= 0.3 is 5.97 Å². The third-order valence-corrected chi connectivity index (χ3v) is 3.42. The third kappa shape index (κ3) is 6.44. The van der Waals surface area contributed by atoms with Crippen molar-refractivity contribution in [1.29, 1.82) is 0 Å². The highest BCUT2D eigenvalue weighted by Gasteiger charge is 2.24. The molecule has 1 N–H and O–H groups in total. The van der Waals surface area contributed by atoms with E-state index < -0.39 is 17.6 Å². The van der Waals surface area contributed by atoms with E-state index in [0.717, 1.165) is 11.1 Å². The average molecular weight is 333 g/mol. The number of ether oxygens (including phenoxy) is 2. The number of carbonyl (C=O) groups excluding carboxylic acids is 2. The largest absolute Gasteiger partial charge is 0.481 e. The third-order valence-electron chi connectivity index (χ3n) is 3.42. The van der Waals surface area contributed by atoms with Crippen molar-refractivity contribution in [1.82, 2.24) is 5.32 Å². The molecular formula is C19H27NO4. The van der Waals surface area contributed by atoms with E-state index in [4.69, 9.17) is 4.74 Å². The highest BCUT2D eigenvalue weighted by atomic mass is 16.5. The van der Waals surface area contributed by atoms with Crippen molar-refractivity contribution < 1.29 is 19.1 Å². The molecule has 0 saturated carbocycles. The number of methoxy groups -OCH3 is 1. The van der Waals surface area contributed by atoms with Crippen LogP contribution in [0.2, 0.25) is 0 Å². The Labute approximate surface area is 144 Å². The van der Waals surface area contributed by atoms with E-state index in [2.05, 4.69) is 16.1 Å². The van der Waals surface area contributed by atoms with Crippen LogP contribution in [0, 0.1) is 13.8 Å². The average Bonchev–Trinajstić information content (AvgIpc) is 2.48. The van der Waals surface area contributed by atoms with Crippen LogP contribution in [-0.4, -0.2) is 30.6 Å². The molecule has 0 radical (unpaired) electrons. The predicted molar refractivity (Wildman–Crippen MR) is 94.0 cm³/mol. The molecule has 5 nitrogen and oxygen atoms in total. The summed E-state index contributed by atoms with van der Waals surface area (Å²) in [5.74, 6) is -0.00978. The summed E-state index contributed by atoms with van der Waals surface area (Å²) < 4.78 is 10.4. The van der Waals surface area contributed by atoms with Gasteiger partial charge in [0.15, 0.2) is 6.10 Å². The predicted octanol–water partition coefficient (Wildman–Crippen LogP) is 3.08. The Balaban J connectivity index is 2.79. The van der Waals surface area contributed by atoms with Gasteiger partial charge in [0.05, 0.1) is 12.6 Å². The van der Waals surface area contributed by atoms with Gasteiger partial charge < -0.3 is 14.8 Å². The molecule has 0 bridgehead atoms. The maximum Gasteiger partial charge on any atom is 0.330 e. The summed E-state index contributed by atoms with van der Waals surface area (Å²) in [5.41, 5.74) is 1.48. The molecule has 0 fully saturated rings. The highest BCUT2D eigenvalue weighted by Crippen LogP contribution is 2.19. The van der Waals surface area contributed by atoms with Crippen molar-refractivity contribution in [2.75, 3.05) is 7.11 Å². The number of rotatable bonds is 7. The van der Waals surface area contributed by atoms with E-state index in [1.54, 1.807) is 19.9 Å². The zero-order valence-electron chi connectivity index (χ0n) is 15.3. The van der Waals surface area contributed by atoms with Crippen LogP contribution in [0.25, 0.3) is 0 Å². The number of hydrogen-bond donors (Lipinski definition) is 1. The lowest BCUT2D eigenvalue weighted by Gasteiger charge is -2.26. The number of aryl methyl sites for hydroxylation is 2. The van der Waals surface area contributed by atoms with Crippen LogP contribution in [0.5, 0.6) is 5.75 Å². The zero-order valence-corrected chi connectivity index (χ0v) is 15.3. The van der Waals surface area contributed by atoms with Crippen molar-refractivity contribution in [3.8, 4) is 5.75 Å². The van der Waals surface area contributed by atoms with Crippen LogP contribution in [0.3, 0.4) is 0 Å². The fourth-order valence-corrected chi connectivity index (χ4v) is 2.27. The summed E-state index contributed by atoms with van der Waals surface area (Å²) in [6.45, 7) is 9.47. The van der Waals surface area contributed by atoms with E-state index in [1.165, 1.54) is 13.2 Å². The summed E-state index contributed by atoms with van der Waals surface area (Å²) in [6.07, 6.45) is 2.83. The number of benzene rings is 1. The van der Waals surface area contributed by atoms with Crippen LogP contribution < -0.4 is 10.1 Å². The number of carbonyl (C=O) groups is 2. The van der Waals surface area contributed by atoms with Gasteiger partial charge in [0.1, 0.15) is 5.75 Å². The summed E-state index contributed by atoms with van der Waals surface area (Å²) >= 11 is 0. The lowest BCUT2D eigenvalue weighted by Crippen LogP contribution is -2.48. The Bertz CT molecular complexity index is 600. The minimum atomic E-state index is -0.690. The lowest BCUT2D eigenvalue weighted by atomic mass is 10.0. The molecule has 0 heterocycles. The number of hydrogen-bond acceptors (Lipinski definition) is 4. The first-order valence-electron chi connectivity index (χ1n) is 8.01. The quantitative estimate of drug-likeness (QED) is 0.615. The van der Waals surface area contributed by atoms with E-state index >= 15 is 0 Å². The SMILES string of the molecule is CCC(Oc1cc(C)cc(C)c1)C(=O)NC(C)(C)/C=C/C(=O)OC. The molecule has 1 unspecified atom stereocenters. The molecule has 0 aliphatic carbocycles. The molecule has 5 heteroatoms. The van der Waals surface area contributed by atoms with Crippen molar-refractivity contribution in [2.45, 2.75) is 52.7 Å². The van der Waals surface area contributed by atoms with Crippen molar-refractivity contribution >= 4 is 11.9 Å². The standard InChI is InChI=1S/C19H27NO4/c1-7-16(24-15-11-13(2)10-14(3)12-15)18(22)20-19(4,5)9-8-17(21)23-6/h8-12,16H,7H2,1-6H3,(H,20,22)/b9-8+. The Morgan fingerprint density at radius 3 is 2.29 bits per heavy atom. The molecule has 1 amide bonds. The zero-order chi connectivity index (χ0) is 18.3. The van der Waals surface area contributed by atoms with E-state index in [0.29, 0.717) is 12.2 Å². The monoisotopic (exact) mass is 333 g/mol. The molecule has 0 aliphatic heterocycles. The van der Waals surface area contributed by atoms with E-state index in [1.807, 2.05) is 32.9 Å². The van der Waals surface area contributed by atoms with Gasteiger partial charge in [0.25, 0.3) is 5.91 Å². The van der Waals surface area contributed by atoms with Crippen LogP contribution in [-0.2, 0) is 14.3 Å². The maximum atomic E-state index is 12.5. The molecule has 1 atom stereocenters. The molecule has 0 spiro atoms. The molecule has 24 heavy (non-hydrogen) atoms. The molecule has 0 aliphatic rings. The van der Waals surface area contributed by atoms with Crippen molar-refractivity contribution in [2.24, 2.45) is 0 Å². The van der Waals surface area contributed by atoms with Gasteiger partial charge in [-0.05, 0) is 57.4 Å². The van der Waals surface area contributed by atoms with Gasteiger partial charge in [-0.2, -0.15) is 0 Å². The van der Waals surface area contributed by atoms with Crippen LogP contribution in [0.4, 0.5) is 0 Å². The first-order valence-corrected chi connectivity index (χ1v) is 8.01. The summed E-state index contributed by atoms with van der Waals surface area (Å²) in [5, 5.41) is 2.88. The lowest BCUT2D eigenvalue weighted by molar-refractivity contribution is -0.135. The highest BCUT2D eigenvalue weighted by molar-refractivity contribution is 5.84. The summed E-state index contributed by atoms with van der Waals surface area (Å²) in [6, 6.07) is 5.87. The van der Waals surface area contributed by atoms with Gasteiger partial charge in [-0.1, -0.05) is 19.1 Å². The Kier molecular flexibility index (Phi) is 7.01. The molecular weight excluding hydrogens is 306 g/mol. The van der Waals surface area contributed by atoms with Crippen molar-refractivity contribution in [3.63, 3.8) is 0 Å². The maximum absolute atomic E-state index is 12.5. The van der Waals surface area contributed by atoms with Gasteiger partial charge in [0, 0.05) is 6.08 Å². The number of nitrogens with one attached hydrogen (secondary N) is 1. The van der Waals surface area contributed by atoms with Gasteiger partial charge in [-0.15, -0.1) is 0 Å². The van der Waals surface area contributed by atoms with Gasteiger partial charge in [-0.3, -0.25) is 4.79 Å². The first kappa shape index (κ1) is 19.7. The second kappa shape index (κ2) is 8.52. The Morgan fingerprint density at radius 2 is 1.79 bits per heavy atom. The molecule has 1 rings (SSSR count). The van der Waals surface area contributed by atoms with Gasteiger partial charge in [0.2, 0.25) is 0 Å². The second-order valence-corrected chi connectivity index (χ2v) is 6.41. The Morgan fingerprint density at radius 1 is 1.21 bits per heavy atom. The van der Waals surface area contributed by atoms with Gasteiger partial charge in [-0.25, -0.2) is 4.79 Å². The molecule has 1 aromatic rings. The summed E-state index contributed by atoms with van der Waals surface area (Å²) in [7, 11) is 1.31. The minimum absolute atomic E-state index is 0.226. The molecule has 132 valence electrons. The van der Waals surface area contributed by atoms with E-state index in [-0.39, 0.29) is 5.91 Å². The normalized spacial score (nSPS) is 12.8. The molecule has 0 saturated heterocycles. The van der Waals surface area contributed by atoms with Crippen LogP contribution in [0.1, 0.15) is 38.3 Å². The molecule has 0 aromatic heterocycles. The number of esters is 1. The number of amides is 1. The first-order chi connectivity index (χ1) is 11.2. The molecule has 1 aromatic carbocycles. The summed E-state index contributed by atoms with van der Waals surface area (Å²) in [4.78, 5) is 23.7.